The van der Waals surface area contributed by atoms with Crippen molar-refractivity contribution in [3.8, 4) is 5.75 Å². The molecule has 0 atom stereocenters. The number of halogens is 1. The monoisotopic (exact) mass is 384 g/mol. The van der Waals surface area contributed by atoms with Gasteiger partial charge in [-0.3, -0.25) is 9.59 Å². The predicted molar refractivity (Wildman–Crippen MR) is 104 cm³/mol. The highest BCUT2D eigenvalue weighted by Crippen LogP contribution is 2.47. The summed E-state index contributed by atoms with van der Waals surface area (Å²) in [6, 6.07) is 14.9. The number of hydrogen-bond acceptors (Lipinski definition) is 3. The van der Waals surface area contributed by atoms with Crippen molar-refractivity contribution in [2.45, 2.75) is 38.3 Å². The van der Waals surface area contributed by atoms with Gasteiger partial charge in [0.15, 0.2) is 0 Å². The maximum Gasteiger partial charge on any atom is 0.240 e. The van der Waals surface area contributed by atoms with Crippen LogP contribution in [0.1, 0.15) is 31.2 Å². The van der Waals surface area contributed by atoms with Crippen LogP contribution < -0.4 is 15.4 Å². The molecule has 5 nitrogen and oxygen atoms in total. The van der Waals surface area contributed by atoms with Crippen molar-refractivity contribution in [3.63, 3.8) is 0 Å². The Hall–Kier alpha value is -2.53. The largest absolute Gasteiger partial charge is 0.489 e. The molecule has 2 fully saturated rings. The third kappa shape index (κ3) is 4.25. The summed E-state index contributed by atoms with van der Waals surface area (Å²) >= 11 is 5.87. The van der Waals surface area contributed by atoms with Crippen LogP contribution in [0.5, 0.6) is 5.75 Å². The average Bonchev–Trinajstić information content (AvgIpc) is 3.57. The molecule has 0 aliphatic heterocycles. The number of hydrogen-bond donors (Lipinski definition) is 2. The van der Waals surface area contributed by atoms with Crippen LogP contribution in [0.25, 0.3) is 0 Å². The summed E-state index contributed by atoms with van der Waals surface area (Å²) in [5, 5.41) is 6.49. The van der Waals surface area contributed by atoms with Gasteiger partial charge in [-0.05, 0) is 67.6 Å². The summed E-state index contributed by atoms with van der Waals surface area (Å²) in [6.07, 6.45) is 3.25. The molecule has 0 radical (unpaired) electrons. The second-order valence-corrected chi connectivity index (χ2v) is 7.66. The zero-order chi connectivity index (χ0) is 18.9. The van der Waals surface area contributed by atoms with Crippen LogP contribution in [0.3, 0.4) is 0 Å². The molecular formula is C21H21ClN2O3. The zero-order valence-corrected chi connectivity index (χ0v) is 15.6. The van der Waals surface area contributed by atoms with Crippen LogP contribution in [0.2, 0.25) is 5.02 Å². The van der Waals surface area contributed by atoms with E-state index in [1.165, 1.54) is 0 Å². The molecule has 2 saturated carbocycles. The summed E-state index contributed by atoms with van der Waals surface area (Å²) in [6.45, 7) is 0.438. The Morgan fingerprint density at radius 2 is 1.67 bits per heavy atom. The fourth-order valence-electron chi connectivity index (χ4n) is 2.87. The van der Waals surface area contributed by atoms with Gasteiger partial charge in [0.05, 0.1) is 0 Å². The molecule has 0 bridgehead atoms. The van der Waals surface area contributed by atoms with Gasteiger partial charge in [-0.1, -0.05) is 23.7 Å². The first-order chi connectivity index (χ1) is 13.0. The molecule has 2 aliphatic carbocycles. The van der Waals surface area contributed by atoms with Crippen LogP contribution in [0.15, 0.2) is 48.5 Å². The molecule has 0 saturated heterocycles. The molecule has 2 aromatic carbocycles. The number of rotatable bonds is 7. The van der Waals surface area contributed by atoms with Crippen LogP contribution in [-0.4, -0.2) is 17.9 Å². The number of anilines is 1. The number of carbonyl (C=O) groups is 2. The molecule has 6 heteroatoms. The minimum atomic E-state index is -0.883. The number of nitrogens with one attached hydrogen (secondary N) is 2. The van der Waals surface area contributed by atoms with Gasteiger partial charge < -0.3 is 15.4 Å². The Labute approximate surface area is 163 Å². The van der Waals surface area contributed by atoms with Gasteiger partial charge in [0, 0.05) is 16.8 Å². The van der Waals surface area contributed by atoms with E-state index in [0.29, 0.717) is 35.9 Å². The Kier molecular flexibility index (Phi) is 4.79. The summed E-state index contributed by atoms with van der Waals surface area (Å²) in [7, 11) is 0. The van der Waals surface area contributed by atoms with E-state index in [2.05, 4.69) is 10.6 Å². The molecule has 0 spiro atoms. The number of ether oxygens (including phenoxy) is 1. The Morgan fingerprint density at radius 3 is 2.26 bits per heavy atom. The van der Waals surface area contributed by atoms with E-state index in [1.54, 1.807) is 24.3 Å². The van der Waals surface area contributed by atoms with Crippen molar-refractivity contribution < 1.29 is 14.3 Å². The topological polar surface area (TPSA) is 67.4 Å². The lowest BCUT2D eigenvalue weighted by atomic mass is 10.0. The molecule has 0 heterocycles. The highest BCUT2D eigenvalue weighted by atomic mass is 35.5. The van der Waals surface area contributed by atoms with Gasteiger partial charge >= 0.3 is 0 Å². The highest BCUT2D eigenvalue weighted by molar-refractivity contribution is 6.30. The first-order valence-corrected chi connectivity index (χ1v) is 9.53. The minimum absolute atomic E-state index is 0.134. The third-order valence-corrected chi connectivity index (χ3v) is 5.21. The van der Waals surface area contributed by atoms with E-state index < -0.39 is 5.41 Å². The standard InChI is InChI=1S/C21H21ClN2O3/c22-15-3-1-14(2-4-15)13-27-18-9-7-17(8-10-18)24-20(26)21(11-12-21)19(25)23-16-5-6-16/h1-4,7-10,16H,5-6,11-13H2,(H,23,25)(H,24,26). The minimum Gasteiger partial charge on any atom is -0.489 e. The predicted octanol–water partition coefficient (Wildman–Crippen LogP) is 3.92. The van der Waals surface area contributed by atoms with Gasteiger partial charge in [-0.2, -0.15) is 0 Å². The second-order valence-electron chi connectivity index (χ2n) is 7.22. The van der Waals surface area contributed by atoms with Gasteiger partial charge in [0.25, 0.3) is 0 Å². The van der Waals surface area contributed by atoms with Crippen LogP contribution in [0.4, 0.5) is 5.69 Å². The molecule has 0 aromatic heterocycles. The van der Waals surface area contributed by atoms with Gasteiger partial charge in [-0.25, -0.2) is 0 Å². The van der Waals surface area contributed by atoms with Crippen LogP contribution in [0, 0.1) is 5.41 Å². The third-order valence-electron chi connectivity index (χ3n) is 4.96. The van der Waals surface area contributed by atoms with Gasteiger partial charge in [0.2, 0.25) is 11.8 Å². The molecule has 2 N–H and O–H groups in total. The van der Waals surface area contributed by atoms with Crippen molar-refractivity contribution in [3.05, 3.63) is 59.1 Å². The SMILES string of the molecule is O=C(Nc1ccc(OCc2ccc(Cl)cc2)cc1)C1(C(=O)NC2CC2)CC1. The molecule has 140 valence electrons. The molecular weight excluding hydrogens is 364 g/mol. The van der Waals surface area contributed by atoms with Crippen LogP contribution in [-0.2, 0) is 16.2 Å². The Balaban J connectivity index is 1.31. The fraction of sp³-hybridized carbons (Fsp3) is 0.333. The Bertz CT molecular complexity index is 841. The quantitative estimate of drug-likeness (QED) is 0.711. The molecule has 2 amide bonds. The van der Waals surface area contributed by atoms with E-state index >= 15 is 0 Å². The van der Waals surface area contributed by atoms with E-state index in [1.807, 2.05) is 24.3 Å². The summed E-state index contributed by atoms with van der Waals surface area (Å²) < 4.78 is 5.74. The van der Waals surface area contributed by atoms with Gasteiger partial charge in [0.1, 0.15) is 17.8 Å². The first-order valence-electron chi connectivity index (χ1n) is 9.15. The summed E-state index contributed by atoms with van der Waals surface area (Å²) in [4.78, 5) is 24.9. The number of benzene rings is 2. The first kappa shape index (κ1) is 17.9. The fourth-order valence-corrected chi connectivity index (χ4v) is 2.99. The highest BCUT2D eigenvalue weighted by Gasteiger charge is 2.57. The lowest BCUT2D eigenvalue weighted by Crippen LogP contribution is -2.40. The van der Waals surface area contributed by atoms with Crippen LogP contribution >= 0.6 is 11.6 Å². The summed E-state index contributed by atoms with van der Waals surface area (Å²) in [5.74, 6) is 0.344. The van der Waals surface area contributed by atoms with E-state index in [-0.39, 0.29) is 17.9 Å². The normalized spacial score (nSPS) is 17.1. The van der Waals surface area contributed by atoms with E-state index in [4.69, 9.17) is 16.3 Å². The molecule has 27 heavy (non-hydrogen) atoms. The maximum atomic E-state index is 12.5. The Morgan fingerprint density at radius 1 is 1.00 bits per heavy atom. The molecule has 2 aliphatic rings. The zero-order valence-electron chi connectivity index (χ0n) is 14.8. The van der Waals surface area contributed by atoms with E-state index in [0.717, 1.165) is 18.4 Å². The molecule has 2 aromatic rings. The van der Waals surface area contributed by atoms with Crippen molar-refractivity contribution >= 4 is 29.1 Å². The summed E-state index contributed by atoms with van der Waals surface area (Å²) in [5.41, 5.74) is 0.797. The number of carbonyl (C=O) groups excluding carboxylic acids is 2. The smallest absolute Gasteiger partial charge is 0.240 e. The molecule has 4 rings (SSSR count). The lowest BCUT2D eigenvalue weighted by Gasteiger charge is -2.15. The van der Waals surface area contributed by atoms with E-state index in [9.17, 15) is 9.59 Å². The van der Waals surface area contributed by atoms with Crippen molar-refractivity contribution in [2.24, 2.45) is 5.41 Å². The van der Waals surface area contributed by atoms with Gasteiger partial charge in [-0.15, -0.1) is 0 Å². The molecule has 0 unspecified atom stereocenters. The average molecular weight is 385 g/mol. The lowest BCUT2D eigenvalue weighted by molar-refractivity contribution is -0.134. The van der Waals surface area contributed by atoms with Crippen molar-refractivity contribution in [1.29, 1.82) is 0 Å². The van der Waals surface area contributed by atoms with Crippen molar-refractivity contribution in [1.82, 2.24) is 5.32 Å². The number of amides is 2. The van der Waals surface area contributed by atoms with Crippen molar-refractivity contribution in [2.75, 3.05) is 5.32 Å². The second kappa shape index (κ2) is 7.24. The maximum absolute atomic E-state index is 12.5.